The van der Waals surface area contributed by atoms with Gasteiger partial charge in [0.1, 0.15) is 0 Å². The van der Waals surface area contributed by atoms with Crippen molar-refractivity contribution in [2.75, 3.05) is 32.7 Å². The van der Waals surface area contributed by atoms with Crippen molar-refractivity contribution in [2.24, 2.45) is 0 Å². The SMILES string of the molecule is O=C(CCn1c(=O)[nH]c(=O)c2ccccc21)N1CCN(CCCc2nc(-c3cccs3)no2)CC1. The number of piperazine rings is 1. The van der Waals surface area contributed by atoms with Gasteiger partial charge in [-0.2, -0.15) is 4.98 Å². The summed E-state index contributed by atoms with van der Waals surface area (Å²) in [5.41, 5.74) is -0.357. The van der Waals surface area contributed by atoms with Crippen LogP contribution in [0.25, 0.3) is 21.6 Å². The predicted octanol–water partition coefficient (Wildman–Crippen LogP) is 1.97. The van der Waals surface area contributed by atoms with Gasteiger partial charge in [-0.1, -0.05) is 23.4 Å². The van der Waals surface area contributed by atoms with E-state index in [2.05, 4.69) is 20.0 Å². The number of hydrogen-bond donors (Lipinski definition) is 1. The third-order valence-electron chi connectivity index (χ3n) is 6.25. The first kappa shape index (κ1) is 23.2. The fourth-order valence-electron chi connectivity index (χ4n) is 4.37. The minimum atomic E-state index is -0.491. The zero-order valence-corrected chi connectivity index (χ0v) is 20.0. The van der Waals surface area contributed by atoms with Gasteiger partial charge in [-0.3, -0.25) is 24.0 Å². The van der Waals surface area contributed by atoms with Crippen LogP contribution in [0.5, 0.6) is 0 Å². The number of para-hydroxylation sites is 1. The fourth-order valence-corrected chi connectivity index (χ4v) is 5.02. The van der Waals surface area contributed by atoms with E-state index in [1.54, 1.807) is 35.6 Å². The molecule has 1 aromatic carbocycles. The van der Waals surface area contributed by atoms with Gasteiger partial charge in [-0.05, 0) is 36.5 Å². The van der Waals surface area contributed by atoms with Crippen molar-refractivity contribution < 1.29 is 9.32 Å². The van der Waals surface area contributed by atoms with Crippen molar-refractivity contribution in [1.29, 1.82) is 0 Å². The summed E-state index contributed by atoms with van der Waals surface area (Å²) in [4.78, 5) is 49.1. The Bertz CT molecular complexity index is 1420. The number of fused-ring (bicyclic) bond motifs is 1. The molecule has 0 aliphatic carbocycles. The highest BCUT2D eigenvalue weighted by Crippen LogP contribution is 2.21. The van der Waals surface area contributed by atoms with Gasteiger partial charge in [-0.15, -0.1) is 11.3 Å². The molecule has 5 rings (SSSR count). The van der Waals surface area contributed by atoms with Crippen LogP contribution in [0.1, 0.15) is 18.7 Å². The molecule has 1 N–H and O–H groups in total. The molecule has 0 atom stereocenters. The molecule has 0 unspecified atom stereocenters. The minimum Gasteiger partial charge on any atom is -0.340 e. The van der Waals surface area contributed by atoms with Crippen LogP contribution in [0.2, 0.25) is 0 Å². The van der Waals surface area contributed by atoms with Gasteiger partial charge in [-0.25, -0.2) is 4.79 Å². The zero-order chi connectivity index (χ0) is 24.2. The van der Waals surface area contributed by atoms with E-state index in [1.807, 2.05) is 22.4 Å². The van der Waals surface area contributed by atoms with Crippen molar-refractivity contribution in [2.45, 2.75) is 25.8 Å². The number of hydrogen-bond acceptors (Lipinski definition) is 8. The maximum Gasteiger partial charge on any atom is 0.328 e. The van der Waals surface area contributed by atoms with Gasteiger partial charge in [0.25, 0.3) is 5.56 Å². The third kappa shape index (κ3) is 5.25. The number of carbonyl (C=O) groups is 1. The lowest BCUT2D eigenvalue weighted by Gasteiger charge is -2.34. The fraction of sp³-hybridized carbons (Fsp3) is 0.375. The molecule has 35 heavy (non-hydrogen) atoms. The highest BCUT2D eigenvalue weighted by Gasteiger charge is 2.21. The minimum absolute atomic E-state index is 0.0128. The third-order valence-corrected chi connectivity index (χ3v) is 7.12. The Morgan fingerprint density at radius 3 is 2.69 bits per heavy atom. The maximum atomic E-state index is 12.8. The van der Waals surface area contributed by atoms with E-state index in [0.29, 0.717) is 35.7 Å². The molecule has 0 spiro atoms. The van der Waals surface area contributed by atoms with Gasteiger partial charge in [0.2, 0.25) is 17.6 Å². The first-order valence-electron chi connectivity index (χ1n) is 11.7. The highest BCUT2D eigenvalue weighted by atomic mass is 32.1. The molecule has 10 nitrogen and oxygen atoms in total. The number of nitrogens with zero attached hydrogens (tertiary/aromatic N) is 5. The Morgan fingerprint density at radius 1 is 1.06 bits per heavy atom. The number of aromatic nitrogens is 4. The molecule has 0 saturated carbocycles. The molecule has 11 heteroatoms. The summed E-state index contributed by atoms with van der Waals surface area (Å²) in [6.07, 6.45) is 1.83. The molecule has 1 amide bonds. The molecule has 1 aliphatic rings. The van der Waals surface area contributed by atoms with Crippen molar-refractivity contribution in [3.05, 3.63) is 68.5 Å². The topological polar surface area (TPSA) is 117 Å². The molecular formula is C24H26N6O4S. The summed E-state index contributed by atoms with van der Waals surface area (Å²) in [5.74, 6) is 1.30. The van der Waals surface area contributed by atoms with Crippen molar-refractivity contribution >= 4 is 28.1 Å². The number of rotatable bonds is 8. The van der Waals surface area contributed by atoms with Crippen LogP contribution in [-0.4, -0.2) is 68.1 Å². The Kier molecular flexibility index (Phi) is 6.87. The molecule has 0 bridgehead atoms. The summed E-state index contributed by atoms with van der Waals surface area (Å²) in [5, 5.41) is 6.48. The number of aromatic amines is 1. The molecule has 1 saturated heterocycles. The summed E-state index contributed by atoms with van der Waals surface area (Å²) < 4.78 is 6.83. The number of benzene rings is 1. The van der Waals surface area contributed by atoms with Gasteiger partial charge in [0, 0.05) is 45.6 Å². The van der Waals surface area contributed by atoms with Gasteiger partial charge in [0.15, 0.2) is 0 Å². The molecule has 1 fully saturated rings. The summed E-state index contributed by atoms with van der Waals surface area (Å²) >= 11 is 1.59. The Labute approximate surface area is 204 Å². The van der Waals surface area contributed by atoms with Crippen LogP contribution in [0.3, 0.4) is 0 Å². The van der Waals surface area contributed by atoms with E-state index in [-0.39, 0.29) is 18.9 Å². The standard InChI is InChI=1S/C24H26N6O4S/c31-21(9-11-30-18-6-2-1-5-17(18)23(32)26-24(30)33)29-14-12-28(13-15-29)10-3-8-20-25-22(27-34-20)19-7-4-16-35-19/h1-2,4-7,16H,3,8-15H2,(H,26,32,33). The van der Waals surface area contributed by atoms with Gasteiger partial charge in [0.05, 0.1) is 15.8 Å². The van der Waals surface area contributed by atoms with Crippen molar-refractivity contribution in [3.63, 3.8) is 0 Å². The lowest BCUT2D eigenvalue weighted by molar-refractivity contribution is -0.133. The number of carbonyl (C=O) groups excluding carboxylic acids is 1. The lowest BCUT2D eigenvalue weighted by atomic mass is 10.2. The normalized spacial score (nSPS) is 14.6. The van der Waals surface area contributed by atoms with Gasteiger partial charge >= 0.3 is 5.69 Å². The Morgan fingerprint density at radius 2 is 1.89 bits per heavy atom. The van der Waals surface area contributed by atoms with E-state index < -0.39 is 11.2 Å². The quantitative estimate of drug-likeness (QED) is 0.398. The van der Waals surface area contributed by atoms with E-state index in [9.17, 15) is 14.4 Å². The number of H-pyrrole nitrogens is 1. The number of nitrogens with one attached hydrogen (secondary N) is 1. The monoisotopic (exact) mass is 494 g/mol. The second-order valence-electron chi connectivity index (χ2n) is 8.49. The first-order chi connectivity index (χ1) is 17.1. The first-order valence-corrected chi connectivity index (χ1v) is 12.5. The largest absolute Gasteiger partial charge is 0.340 e. The number of amides is 1. The van der Waals surface area contributed by atoms with Crippen LogP contribution in [0, 0.1) is 0 Å². The number of thiophene rings is 1. The maximum absolute atomic E-state index is 12.8. The van der Waals surface area contributed by atoms with E-state index in [4.69, 9.17) is 4.52 Å². The average molecular weight is 495 g/mol. The van der Waals surface area contributed by atoms with E-state index in [0.717, 1.165) is 37.4 Å². The van der Waals surface area contributed by atoms with Gasteiger partial charge < -0.3 is 9.42 Å². The van der Waals surface area contributed by atoms with E-state index in [1.165, 1.54) is 4.57 Å². The van der Waals surface area contributed by atoms with Crippen LogP contribution < -0.4 is 11.2 Å². The van der Waals surface area contributed by atoms with E-state index >= 15 is 0 Å². The van der Waals surface area contributed by atoms with Crippen LogP contribution in [0.15, 0.2) is 55.9 Å². The Hall–Kier alpha value is -3.57. The Balaban J connectivity index is 1.08. The van der Waals surface area contributed by atoms with Crippen LogP contribution >= 0.6 is 11.3 Å². The molecule has 0 radical (unpaired) electrons. The second-order valence-corrected chi connectivity index (χ2v) is 9.44. The highest BCUT2D eigenvalue weighted by molar-refractivity contribution is 7.13. The summed E-state index contributed by atoms with van der Waals surface area (Å²) in [6.45, 7) is 4.05. The smallest absolute Gasteiger partial charge is 0.328 e. The predicted molar refractivity (Wildman–Crippen MR) is 132 cm³/mol. The lowest BCUT2D eigenvalue weighted by Crippen LogP contribution is -2.49. The van der Waals surface area contributed by atoms with Crippen molar-refractivity contribution in [1.82, 2.24) is 29.5 Å². The van der Waals surface area contributed by atoms with Crippen LogP contribution in [0.4, 0.5) is 0 Å². The second kappa shape index (κ2) is 10.4. The molecule has 1 aliphatic heterocycles. The average Bonchev–Trinajstić information content (AvgIpc) is 3.57. The molecular weight excluding hydrogens is 468 g/mol. The molecule has 4 heterocycles. The molecule has 3 aromatic heterocycles. The molecule has 182 valence electrons. The molecule has 4 aromatic rings. The zero-order valence-electron chi connectivity index (χ0n) is 19.2. The van der Waals surface area contributed by atoms with Crippen LogP contribution in [-0.2, 0) is 17.8 Å². The summed E-state index contributed by atoms with van der Waals surface area (Å²) in [6, 6.07) is 10.9. The van der Waals surface area contributed by atoms with Crippen molar-refractivity contribution in [3.8, 4) is 10.7 Å². The summed E-state index contributed by atoms with van der Waals surface area (Å²) in [7, 11) is 0. The number of aryl methyl sites for hydroxylation is 2.